The molecule has 3 aromatic rings. The largest absolute Gasteiger partial charge is 0.497 e. The molecule has 21 heavy (non-hydrogen) atoms. The summed E-state index contributed by atoms with van der Waals surface area (Å²) in [6, 6.07) is 10.7. The zero-order valence-corrected chi connectivity index (χ0v) is 11.7. The van der Waals surface area contributed by atoms with Gasteiger partial charge in [-0.25, -0.2) is 4.52 Å². The summed E-state index contributed by atoms with van der Waals surface area (Å²) in [5.41, 5.74) is 1.82. The van der Waals surface area contributed by atoms with E-state index in [1.807, 2.05) is 18.2 Å². The number of nitrogens with zero attached hydrogens (tertiary/aromatic N) is 2. The van der Waals surface area contributed by atoms with Gasteiger partial charge in [-0.2, -0.15) is 5.10 Å². The number of aromatic nitrogens is 2. The third kappa shape index (κ3) is 2.33. The van der Waals surface area contributed by atoms with Gasteiger partial charge in [0.05, 0.1) is 31.5 Å². The van der Waals surface area contributed by atoms with Crippen LogP contribution in [0.1, 0.15) is 15.9 Å². The maximum atomic E-state index is 12.7. The quantitative estimate of drug-likeness (QED) is 0.690. The van der Waals surface area contributed by atoms with Crippen molar-refractivity contribution >= 4 is 11.3 Å². The lowest BCUT2D eigenvalue weighted by Gasteiger charge is -2.07. The van der Waals surface area contributed by atoms with Crippen LogP contribution in [0.2, 0.25) is 0 Å². The monoisotopic (exact) mass is 282 g/mol. The molecule has 0 bridgehead atoms. The lowest BCUT2D eigenvalue weighted by atomic mass is 10.0. The highest BCUT2D eigenvalue weighted by Gasteiger charge is 2.16. The second kappa shape index (κ2) is 5.28. The number of benzene rings is 1. The molecule has 1 aromatic carbocycles. The van der Waals surface area contributed by atoms with Gasteiger partial charge in [0.2, 0.25) is 0 Å². The molecule has 0 saturated heterocycles. The molecule has 0 radical (unpaired) electrons. The molecule has 0 fully saturated rings. The van der Waals surface area contributed by atoms with Crippen LogP contribution in [0.5, 0.6) is 11.5 Å². The molecule has 0 aliphatic carbocycles. The van der Waals surface area contributed by atoms with Crippen LogP contribution in [0.3, 0.4) is 0 Å². The van der Waals surface area contributed by atoms with Crippen LogP contribution >= 0.6 is 0 Å². The first-order valence-corrected chi connectivity index (χ1v) is 6.43. The second-order valence-electron chi connectivity index (χ2n) is 4.52. The topological polar surface area (TPSA) is 52.8 Å². The van der Waals surface area contributed by atoms with Gasteiger partial charge >= 0.3 is 0 Å². The van der Waals surface area contributed by atoms with E-state index in [1.165, 1.54) is 0 Å². The van der Waals surface area contributed by atoms with Crippen molar-refractivity contribution in [3.05, 3.63) is 59.9 Å². The van der Waals surface area contributed by atoms with Crippen LogP contribution in [0.4, 0.5) is 0 Å². The smallest absolute Gasteiger partial charge is 0.197 e. The summed E-state index contributed by atoms with van der Waals surface area (Å²) in [4.78, 5) is 12.7. The number of carbonyl (C=O) groups is 1. The van der Waals surface area contributed by atoms with E-state index in [9.17, 15) is 4.79 Å². The molecule has 0 aliphatic rings. The fourth-order valence-electron chi connectivity index (χ4n) is 2.20. The second-order valence-corrected chi connectivity index (χ2v) is 4.52. The molecule has 0 N–H and O–H groups in total. The molecular formula is C16H14N2O3. The van der Waals surface area contributed by atoms with Crippen molar-refractivity contribution in [2.75, 3.05) is 14.2 Å². The Morgan fingerprint density at radius 1 is 1.10 bits per heavy atom. The van der Waals surface area contributed by atoms with E-state index in [-0.39, 0.29) is 5.78 Å². The minimum Gasteiger partial charge on any atom is -0.497 e. The highest BCUT2D eigenvalue weighted by Crippen LogP contribution is 2.25. The molecule has 0 unspecified atom stereocenters. The maximum Gasteiger partial charge on any atom is 0.197 e. The molecule has 0 atom stereocenters. The molecule has 0 spiro atoms. The van der Waals surface area contributed by atoms with Gasteiger partial charge in [0, 0.05) is 17.8 Å². The molecule has 2 aromatic heterocycles. The van der Waals surface area contributed by atoms with Crippen molar-refractivity contribution in [2.24, 2.45) is 0 Å². The van der Waals surface area contributed by atoms with Crippen molar-refractivity contribution in [3.63, 3.8) is 0 Å². The third-order valence-corrected chi connectivity index (χ3v) is 3.28. The third-order valence-electron chi connectivity index (χ3n) is 3.28. The normalized spacial score (nSPS) is 10.6. The van der Waals surface area contributed by atoms with Gasteiger partial charge in [0.1, 0.15) is 11.5 Å². The average Bonchev–Trinajstić information content (AvgIpc) is 2.97. The summed E-state index contributed by atoms with van der Waals surface area (Å²) < 4.78 is 12.1. The van der Waals surface area contributed by atoms with E-state index in [1.54, 1.807) is 49.3 Å². The van der Waals surface area contributed by atoms with E-state index in [0.29, 0.717) is 22.6 Å². The Morgan fingerprint density at radius 2 is 1.81 bits per heavy atom. The predicted octanol–water partition coefficient (Wildman–Crippen LogP) is 2.58. The number of hydrogen-bond acceptors (Lipinski definition) is 4. The number of methoxy groups -OCH3 is 2. The molecular weight excluding hydrogens is 268 g/mol. The number of carbonyl (C=O) groups excluding carboxylic acids is 1. The fourth-order valence-corrected chi connectivity index (χ4v) is 2.20. The Bertz CT molecular complexity index is 786. The minimum absolute atomic E-state index is 0.117. The lowest BCUT2D eigenvalue weighted by Crippen LogP contribution is -2.02. The van der Waals surface area contributed by atoms with Gasteiger partial charge < -0.3 is 9.47 Å². The van der Waals surface area contributed by atoms with Gasteiger partial charge in [-0.1, -0.05) is 6.07 Å². The molecule has 0 amide bonds. The van der Waals surface area contributed by atoms with Crippen LogP contribution in [0.15, 0.2) is 48.8 Å². The van der Waals surface area contributed by atoms with Crippen LogP contribution < -0.4 is 9.47 Å². The number of hydrogen-bond donors (Lipinski definition) is 0. The molecule has 2 heterocycles. The lowest BCUT2D eigenvalue weighted by molar-refractivity contribution is 0.103. The molecule has 5 nitrogen and oxygen atoms in total. The average molecular weight is 282 g/mol. The number of fused-ring (bicyclic) bond motifs is 1. The minimum atomic E-state index is -0.117. The summed E-state index contributed by atoms with van der Waals surface area (Å²) in [5.74, 6) is 1.04. The van der Waals surface area contributed by atoms with Crippen molar-refractivity contribution in [2.45, 2.75) is 0 Å². The number of ether oxygens (including phenoxy) is 2. The summed E-state index contributed by atoms with van der Waals surface area (Å²) in [7, 11) is 3.11. The fraction of sp³-hybridized carbons (Fsp3) is 0.125. The van der Waals surface area contributed by atoms with Gasteiger partial charge in [-0.15, -0.1) is 0 Å². The summed E-state index contributed by atoms with van der Waals surface area (Å²) >= 11 is 0. The number of pyridine rings is 1. The molecule has 0 aliphatic heterocycles. The summed E-state index contributed by atoms with van der Waals surface area (Å²) in [5, 5.41) is 4.18. The highest BCUT2D eigenvalue weighted by atomic mass is 16.5. The summed E-state index contributed by atoms with van der Waals surface area (Å²) in [6.45, 7) is 0. The Hall–Kier alpha value is -2.82. The van der Waals surface area contributed by atoms with Crippen LogP contribution in [0.25, 0.3) is 5.52 Å². The van der Waals surface area contributed by atoms with Crippen molar-refractivity contribution in [1.82, 2.24) is 9.61 Å². The molecule has 3 rings (SSSR count). The van der Waals surface area contributed by atoms with Gasteiger partial charge in [0.15, 0.2) is 5.78 Å². The highest BCUT2D eigenvalue weighted by molar-refractivity contribution is 6.13. The standard InChI is InChI=1S/C16H14N2O3/c1-20-12-7-11(8-13(9-12)21-2)16(19)14-10-17-18-6-4-3-5-15(14)18/h3-10H,1-2H3. The predicted molar refractivity (Wildman–Crippen MR) is 78.2 cm³/mol. The van der Waals surface area contributed by atoms with Crippen molar-refractivity contribution < 1.29 is 14.3 Å². The van der Waals surface area contributed by atoms with E-state index < -0.39 is 0 Å². The first kappa shape index (κ1) is 13.2. The van der Waals surface area contributed by atoms with Crippen LogP contribution in [0, 0.1) is 0 Å². The van der Waals surface area contributed by atoms with E-state index in [4.69, 9.17) is 9.47 Å². The Morgan fingerprint density at radius 3 is 2.48 bits per heavy atom. The maximum absolute atomic E-state index is 12.7. The molecule has 5 heteroatoms. The van der Waals surface area contributed by atoms with Crippen molar-refractivity contribution in [1.29, 1.82) is 0 Å². The Labute approximate surface area is 121 Å². The SMILES string of the molecule is COc1cc(OC)cc(C(=O)c2cnn3ccccc23)c1. The summed E-state index contributed by atoms with van der Waals surface area (Å²) in [6.07, 6.45) is 3.38. The van der Waals surface area contributed by atoms with E-state index in [2.05, 4.69) is 5.10 Å². The first-order chi connectivity index (χ1) is 10.2. The van der Waals surface area contributed by atoms with Crippen molar-refractivity contribution in [3.8, 4) is 11.5 Å². The van der Waals surface area contributed by atoms with Crippen LogP contribution in [-0.2, 0) is 0 Å². The van der Waals surface area contributed by atoms with Gasteiger partial charge in [-0.05, 0) is 24.3 Å². The zero-order chi connectivity index (χ0) is 14.8. The van der Waals surface area contributed by atoms with E-state index >= 15 is 0 Å². The van der Waals surface area contributed by atoms with E-state index in [0.717, 1.165) is 5.52 Å². The Kier molecular flexibility index (Phi) is 3.31. The Balaban J connectivity index is 2.09. The number of ketones is 1. The number of rotatable bonds is 4. The molecule has 0 saturated carbocycles. The first-order valence-electron chi connectivity index (χ1n) is 6.43. The van der Waals surface area contributed by atoms with Crippen LogP contribution in [-0.4, -0.2) is 29.6 Å². The van der Waals surface area contributed by atoms with Gasteiger partial charge in [0.25, 0.3) is 0 Å². The van der Waals surface area contributed by atoms with Gasteiger partial charge in [-0.3, -0.25) is 4.79 Å². The molecule has 106 valence electrons. The zero-order valence-electron chi connectivity index (χ0n) is 11.7.